The minimum Gasteiger partial charge on any atom is -0.310 e. The minimum absolute atomic E-state index is 0.186. The van der Waals surface area contributed by atoms with Gasteiger partial charge in [0.1, 0.15) is 0 Å². The summed E-state index contributed by atoms with van der Waals surface area (Å²) in [7, 11) is 0. The number of hydrogen-bond acceptors (Lipinski definition) is 1. The zero-order chi connectivity index (χ0) is 37.4. The van der Waals surface area contributed by atoms with Crippen molar-refractivity contribution in [2.45, 2.75) is 19.3 Å². The first-order valence-corrected chi connectivity index (χ1v) is 19.6. The Morgan fingerprint density at radius 2 is 0.821 bits per heavy atom. The van der Waals surface area contributed by atoms with Crippen LogP contribution in [-0.2, 0) is 5.41 Å². The van der Waals surface area contributed by atoms with Crippen LogP contribution in [0.4, 0.5) is 17.1 Å². The molecule has 0 saturated heterocycles. The van der Waals surface area contributed by atoms with Crippen LogP contribution in [0, 0.1) is 0 Å². The van der Waals surface area contributed by atoms with Gasteiger partial charge in [-0.15, -0.1) is 0 Å². The summed E-state index contributed by atoms with van der Waals surface area (Å²) in [4.78, 5) is 2.41. The first-order chi connectivity index (χ1) is 27.5. The van der Waals surface area contributed by atoms with Crippen molar-refractivity contribution >= 4 is 60.2 Å². The van der Waals surface area contributed by atoms with Gasteiger partial charge in [-0.1, -0.05) is 153 Å². The van der Waals surface area contributed by atoms with Gasteiger partial charge in [0.15, 0.2) is 0 Å². The highest BCUT2D eigenvalue weighted by atomic mass is 15.1. The Bertz CT molecular complexity index is 3170. The summed E-state index contributed by atoms with van der Waals surface area (Å²) in [6, 6.07) is 74.0. The third-order valence-electron chi connectivity index (χ3n) is 12.2. The zero-order valence-electron chi connectivity index (χ0n) is 31.5. The molecule has 0 bridgehead atoms. The van der Waals surface area contributed by atoms with E-state index in [2.05, 4.69) is 219 Å². The molecular weight excluding hydrogens is 675 g/mol. The molecule has 0 aromatic heterocycles. The first kappa shape index (κ1) is 32.5. The van der Waals surface area contributed by atoms with Gasteiger partial charge in [-0.3, -0.25) is 0 Å². The molecule has 0 spiro atoms. The standard InChI is InChI=1S/C55H39N/c1-55(2)53-34-43(52-33-42-14-8-9-17-47(42)48-18-10-11-19-49(48)52)25-28-50(53)51-29-27-46(35-54(51)55)56(44-15-4-3-5-16-44)45-26-24-40-31-39(22-23-41(40)32-45)38-21-20-36-12-6-7-13-37(36)30-38/h3-35H,1-2H3. The van der Waals surface area contributed by atoms with E-state index in [9.17, 15) is 0 Å². The Hall–Kier alpha value is -6.96. The van der Waals surface area contributed by atoms with E-state index >= 15 is 0 Å². The van der Waals surface area contributed by atoms with Crippen molar-refractivity contribution in [3.05, 3.63) is 211 Å². The van der Waals surface area contributed by atoms with Crippen LogP contribution in [0.1, 0.15) is 25.0 Å². The number of nitrogens with zero attached hydrogens (tertiary/aromatic N) is 1. The summed E-state index contributed by atoms with van der Waals surface area (Å²) in [5.41, 5.74) is 13.6. The van der Waals surface area contributed by atoms with Gasteiger partial charge in [-0.25, -0.2) is 0 Å². The van der Waals surface area contributed by atoms with Crippen molar-refractivity contribution in [2.75, 3.05) is 4.90 Å². The van der Waals surface area contributed by atoms with Gasteiger partial charge in [0.25, 0.3) is 0 Å². The van der Waals surface area contributed by atoms with Crippen molar-refractivity contribution in [3.63, 3.8) is 0 Å². The zero-order valence-corrected chi connectivity index (χ0v) is 31.5. The van der Waals surface area contributed by atoms with Gasteiger partial charge >= 0.3 is 0 Å². The topological polar surface area (TPSA) is 3.24 Å². The number of para-hydroxylation sites is 1. The maximum Gasteiger partial charge on any atom is 0.0468 e. The molecule has 11 rings (SSSR count). The van der Waals surface area contributed by atoms with Crippen LogP contribution < -0.4 is 4.90 Å². The lowest BCUT2D eigenvalue weighted by molar-refractivity contribution is 0.660. The van der Waals surface area contributed by atoms with Crippen LogP contribution in [0.5, 0.6) is 0 Å². The summed E-state index contributed by atoms with van der Waals surface area (Å²) in [6.45, 7) is 4.78. The molecule has 0 radical (unpaired) electrons. The highest BCUT2D eigenvalue weighted by molar-refractivity contribution is 6.14. The average Bonchev–Trinajstić information content (AvgIpc) is 3.48. The van der Waals surface area contributed by atoms with E-state index in [1.807, 2.05) is 0 Å². The van der Waals surface area contributed by atoms with Gasteiger partial charge in [-0.2, -0.15) is 0 Å². The summed E-state index contributed by atoms with van der Waals surface area (Å²) >= 11 is 0. The molecule has 1 aliphatic carbocycles. The van der Waals surface area contributed by atoms with E-state index in [-0.39, 0.29) is 5.41 Å². The smallest absolute Gasteiger partial charge is 0.0468 e. The van der Waals surface area contributed by atoms with E-state index in [0.717, 1.165) is 17.1 Å². The molecule has 0 atom stereocenters. The van der Waals surface area contributed by atoms with Crippen LogP contribution >= 0.6 is 0 Å². The number of benzene rings is 10. The predicted octanol–water partition coefficient (Wildman–Crippen LogP) is 15.4. The fourth-order valence-electron chi connectivity index (χ4n) is 9.27. The minimum atomic E-state index is -0.186. The summed E-state index contributed by atoms with van der Waals surface area (Å²) < 4.78 is 0. The third kappa shape index (κ3) is 5.16. The number of anilines is 3. The Morgan fingerprint density at radius 3 is 1.61 bits per heavy atom. The van der Waals surface area contributed by atoms with Crippen molar-refractivity contribution < 1.29 is 0 Å². The lowest BCUT2D eigenvalue weighted by atomic mass is 9.81. The summed E-state index contributed by atoms with van der Waals surface area (Å²) in [6.07, 6.45) is 0. The maximum atomic E-state index is 2.45. The van der Waals surface area contributed by atoms with Crippen LogP contribution in [0.25, 0.3) is 76.5 Å². The van der Waals surface area contributed by atoms with Gasteiger partial charge in [0.05, 0.1) is 0 Å². The molecule has 1 heteroatoms. The van der Waals surface area contributed by atoms with Crippen molar-refractivity contribution in [3.8, 4) is 33.4 Å². The second-order valence-electron chi connectivity index (χ2n) is 15.8. The number of fused-ring (bicyclic) bond motifs is 8. The predicted molar refractivity (Wildman–Crippen MR) is 240 cm³/mol. The molecule has 10 aromatic carbocycles. The van der Waals surface area contributed by atoms with Crippen molar-refractivity contribution in [1.29, 1.82) is 0 Å². The number of rotatable bonds is 5. The Morgan fingerprint density at radius 1 is 0.304 bits per heavy atom. The van der Waals surface area contributed by atoms with Crippen LogP contribution in [0.2, 0.25) is 0 Å². The van der Waals surface area contributed by atoms with Gasteiger partial charge < -0.3 is 4.90 Å². The summed E-state index contributed by atoms with van der Waals surface area (Å²) in [5, 5.41) is 10.1. The molecule has 1 nitrogen and oxygen atoms in total. The van der Waals surface area contributed by atoms with Crippen LogP contribution in [0.15, 0.2) is 200 Å². The molecule has 56 heavy (non-hydrogen) atoms. The lowest BCUT2D eigenvalue weighted by Crippen LogP contribution is -2.16. The quantitative estimate of drug-likeness (QED) is 0.161. The second-order valence-corrected chi connectivity index (χ2v) is 15.8. The van der Waals surface area contributed by atoms with E-state index in [1.165, 1.54) is 87.6 Å². The van der Waals surface area contributed by atoms with Gasteiger partial charge in [-0.05, 0) is 148 Å². The van der Waals surface area contributed by atoms with E-state index in [0.29, 0.717) is 0 Å². The van der Waals surface area contributed by atoms with Gasteiger partial charge in [0, 0.05) is 22.5 Å². The summed E-state index contributed by atoms with van der Waals surface area (Å²) in [5.74, 6) is 0. The molecule has 0 fully saturated rings. The molecule has 10 aromatic rings. The number of hydrogen-bond donors (Lipinski definition) is 0. The Kier molecular flexibility index (Phi) is 7.28. The van der Waals surface area contributed by atoms with Gasteiger partial charge in [0.2, 0.25) is 0 Å². The highest BCUT2D eigenvalue weighted by Crippen LogP contribution is 2.52. The van der Waals surface area contributed by atoms with Crippen molar-refractivity contribution in [2.24, 2.45) is 0 Å². The average molecular weight is 714 g/mol. The Labute approximate surface area is 327 Å². The lowest BCUT2D eigenvalue weighted by Gasteiger charge is -2.28. The first-order valence-electron chi connectivity index (χ1n) is 19.6. The molecular formula is C55H39N. The SMILES string of the molecule is CC1(C)c2cc(-c3cc4ccccc4c4ccccc34)ccc2-c2ccc(N(c3ccccc3)c3ccc4cc(-c5ccc6ccccc6c5)ccc4c3)cc21. The van der Waals surface area contributed by atoms with E-state index in [4.69, 9.17) is 0 Å². The highest BCUT2D eigenvalue weighted by Gasteiger charge is 2.36. The Balaban J connectivity index is 0.989. The van der Waals surface area contributed by atoms with Crippen molar-refractivity contribution in [1.82, 2.24) is 0 Å². The van der Waals surface area contributed by atoms with Crippen LogP contribution in [-0.4, -0.2) is 0 Å². The van der Waals surface area contributed by atoms with Crippen LogP contribution in [0.3, 0.4) is 0 Å². The molecule has 0 aliphatic heterocycles. The molecule has 0 unspecified atom stereocenters. The maximum absolute atomic E-state index is 2.45. The molecule has 0 saturated carbocycles. The van der Waals surface area contributed by atoms with E-state index in [1.54, 1.807) is 0 Å². The fraction of sp³-hybridized carbons (Fsp3) is 0.0545. The molecule has 0 N–H and O–H groups in total. The van der Waals surface area contributed by atoms with E-state index < -0.39 is 0 Å². The fourth-order valence-corrected chi connectivity index (χ4v) is 9.27. The third-order valence-corrected chi connectivity index (χ3v) is 12.2. The largest absolute Gasteiger partial charge is 0.310 e. The molecule has 1 aliphatic rings. The second kappa shape index (κ2) is 12.5. The normalized spacial score (nSPS) is 13.0. The monoisotopic (exact) mass is 713 g/mol. The molecule has 0 heterocycles. The molecule has 264 valence electrons. The molecule has 0 amide bonds.